The van der Waals surface area contributed by atoms with Crippen LogP contribution in [0.3, 0.4) is 0 Å². The monoisotopic (exact) mass is 895 g/mol. The minimum absolute atomic E-state index is 0.0158. The molecule has 9 aromatic carbocycles. The molecule has 0 bridgehead atoms. The van der Waals surface area contributed by atoms with Crippen molar-refractivity contribution in [3.8, 4) is 50.9 Å². The fourth-order valence-corrected chi connectivity index (χ4v) is 14.4. The Bertz CT molecular complexity index is 4200. The molecule has 15 rings (SSSR count). The molecule has 0 fully saturated rings. The van der Waals surface area contributed by atoms with Gasteiger partial charge >= 0.3 is 0 Å². The van der Waals surface area contributed by atoms with Gasteiger partial charge in [0.05, 0.1) is 15.7 Å². The van der Waals surface area contributed by atoms with Gasteiger partial charge in [-0.15, -0.1) is 22.7 Å². The van der Waals surface area contributed by atoms with Gasteiger partial charge < -0.3 is 14.0 Å². The van der Waals surface area contributed by atoms with Gasteiger partial charge in [-0.1, -0.05) is 150 Å². The molecular weight excluding hydrogens is 854 g/mol. The van der Waals surface area contributed by atoms with Crippen LogP contribution >= 0.6 is 22.7 Å². The molecule has 12 aromatic rings. The predicted octanol–water partition coefficient (Wildman–Crippen LogP) is 15.5. The van der Waals surface area contributed by atoms with Gasteiger partial charge in [-0.05, 0) is 109 Å². The summed E-state index contributed by atoms with van der Waals surface area (Å²) in [5.41, 5.74) is 14.5. The number of benzene rings is 9. The Morgan fingerprint density at radius 3 is 2.13 bits per heavy atom. The number of thiophene rings is 2. The van der Waals surface area contributed by atoms with E-state index >= 15 is 0 Å². The van der Waals surface area contributed by atoms with Gasteiger partial charge in [-0.3, -0.25) is 0 Å². The first kappa shape index (κ1) is 38.0. The molecule has 0 saturated heterocycles. The third-order valence-corrected chi connectivity index (χ3v) is 17.6. The van der Waals surface area contributed by atoms with Crippen LogP contribution in [-0.2, 0) is 10.8 Å². The SMILES string of the molecule is CC(C)(C)c1ccc2sc3c(c2c1)Oc1cc(-c2ccc4ccccc4c2)cc2c1B3c1cc3c(sc4ccccc43)c(-n3c4ccccc4c4c5c(ccc43)C(C)(C)c3ccccc3-5)c1O2. The van der Waals surface area contributed by atoms with Crippen molar-refractivity contribution in [2.75, 3.05) is 0 Å². The number of aromatic nitrogens is 1. The molecule has 0 amide bonds. The molecule has 6 heteroatoms. The molecule has 5 heterocycles. The Kier molecular flexibility index (Phi) is 7.42. The van der Waals surface area contributed by atoms with Crippen molar-refractivity contribution in [3.05, 3.63) is 180 Å². The van der Waals surface area contributed by atoms with Crippen molar-refractivity contribution in [2.24, 2.45) is 0 Å². The Morgan fingerprint density at radius 2 is 1.28 bits per heavy atom. The third-order valence-electron chi connectivity index (χ3n) is 15.2. The molecule has 318 valence electrons. The lowest BCUT2D eigenvalue weighted by atomic mass is 9.37. The number of hydrogen-bond donors (Lipinski definition) is 0. The highest BCUT2D eigenvalue weighted by Crippen LogP contribution is 2.55. The second kappa shape index (κ2) is 13.1. The zero-order valence-corrected chi connectivity index (χ0v) is 39.4. The molecule has 67 heavy (non-hydrogen) atoms. The predicted molar refractivity (Wildman–Crippen MR) is 286 cm³/mol. The molecule has 0 unspecified atom stereocenters. The fourth-order valence-electron chi connectivity index (χ4n) is 12.0. The van der Waals surface area contributed by atoms with Crippen LogP contribution in [0.4, 0.5) is 0 Å². The quantitative estimate of drug-likeness (QED) is 0.161. The molecule has 3 aliphatic rings. The van der Waals surface area contributed by atoms with Gasteiger partial charge in [0.1, 0.15) is 28.7 Å². The number of ether oxygens (including phenoxy) is 2. The van der Waals surface area contributed by atoms with E-state index in [9.17, 15) is 0 Å². The summed E-state index contributed by atoms with van der Waals surface area (Å²) in [6.07, 6.45) is 0. The molecule has 0 spiro atoms. The summed E-state index contributed by atoms with van der Waals surface area (Å²) in [7, 11) is 0. The highest BCUT2D eigenvalue weighted by Gasteiger charge is 2.45. The molecule has 1 aliphatic carbocycles. The first-order chi connectivity index (χ1) is 32.6. The van der Waals surface area contributed by atoms with E-state index in [0.717, 1.165) is 45.3 Å². The van der Waals surface area contributed by atoms with E-state index in [1.165, 1.54) is 101 Å². The Balaban J connectivity index is 1.08. The lowest BCUT2D eigenvalue weighted by Gasteiger charge is -2.33. The average molecular weight is 896 g/mol. The first-order valence-corrected chi connectivity index (χ1v) is 25.0. The maximum absolute atomic E-state index is 7.68. The van der Waals surface area contributed by atoms with Gasteiger partial charge in [-0.2, -0.15) is 0 Å². The van der Waals surface area contributed by atoms with E-state index in [1.807, 2.05) is 22.7 Å². The molecule has 0 saturated carbocycles. The first-order valence-electron chi connectivity index (χ1n) is 23.3. The van der Waals surface area contributed by atoms with Crippen LogP contribution in [0.1, 0.15) is 51.3 Å². The Hall–Kier alpha value is -7.12. The normalized spacial score (nSPS) is 14.4. The summed E-state index contributed by atoms with van der Waals surface area (Å²) in [4.78, 5) is 0. The van der Waals surface area contributed by atoms with Crippen molar-refractivity contribution in [1.82, 2.24) is 4.57 Å². The third kappa shape index (κ3) is 5.07. The van der Waals surface area contributed by atoms with Crippen LogP contribution in [0, 0.1) is 0 Å². The highest BCUT2D eigenvalue weighted by atomic mass is 32.1. The van der Waals surface area contributed by atoms with Crippen molar-refractivity contribution in [2.45, 2.75) is 45.4 Å². The number of rotatable bonds is 2. The molecule has 3 nitrogen and oxygen atoms in total. The van der Waals surface area contributed by atoms with Crippen LogP contribution < -0.4 is 25.2 Å². The van der Waals surface area contributed by atoms with Crippen LogP contribution in [0.15, 0.2) is 164 Å². The standard InChI is InChI=1S/C61H42BNO2S2/c1-60(2,3)37-24-27-51-42(31-37)56-59(67-51)62-45-32-41-38-16-10-13-21-50(38)66-58(41)55(57(45)65-49-30-36(29-48(64-56)54(49)62)35-23-22-33-14-6-7-15-34(33)28-35)63-46-20-12-9-18-40(46)53-47(63)26-25-44-52(53)39-17-8-11-19-43(39)61(44,4)5/h6-32H,1-5H3. The van der Waals surface area contributed by atoms with Crippen molar-refractivity contribution in [1.29, 1.82) is 0 Å². The minimum atomic E-state index is -0.125. The maximum atomic E-state index is 7.68. The van der Waals surface area contributed by atoms with Gasteiger partial charge in [0.2, 0.25) is 0 Å². The second-order valence-electron chi connectivity index (χ2n) is 20.4. The van der Waals surface area contributed by atoms with E-state index in [-0.39, 0.29) is 17.5 Å². The molecule has 2 aliphatic heterocycles. The van der Waals surface area contributed by atoms with Crippen LogP contribution in [0.5, 0.6) is 23.0 Å². The van der Waals surface area contributed by atoms with E-state index in [0.29, 0.717) is 0 Å². The molecule has 3 aromatic heterocycles. The van der Waals surface area contributed by atoms with E-state index in [4.69, 9.17) is 9.47 Å². The van der Waals surface area contributed by atoms with Crippen LogP contribution in [-0.4, -0.2) is 11.3 Å². The largest absolute Gasteiger partial charge is 0.457 e. The maximum Gasteiger partial charge on any atom is 0.273 e. The second-order valence-corrected chi connectivity index (χ2v) is 22.5. The van der Waals surface area contributed by atoms with E-state index < -0.39 is 0 Å². The fraction of sp³-hybridized carbons (Fsp3) is 0.115. The van der Waals surface area contributed by atoms with Gasteiger partial charge in [-0.25, -0.2) is 0 Å². The molecular formula is C61H42BNO2S2. The number of hydrogen-bond acceptors (Lipinski definition) is 4. The summed E-state index contributed by atoms with van der Waals surface area (Å²) >= 11 is 3.73. The summed E-state index contributed by atoms with van der Waals surface area (Å²) < 4.78 is 22.5. The number of fused-ring (bicyclic) bond motifs is 17. The lowest BCUT2D eigenvalue weighted by Crippen LogP contribution is -2.56. The smallest absolute Gasteiger partial charge is 0.273 e. The van der Waals surface area contributed by atoms with E-state index in [1.54, 1.807) is 0 Å². The lowest BCUT2D eigenvalue weighted by molar-refractivity contribution is 0.467. The van der Waals surface area contributed by atoms with Gasteiger partial charge in [0.25, 0.3) is 6.71 Å². The molecule has 0 atom stereocenters. The van der Waals surface area contributed by atoms with Crippen molar-refractivity contribution < 1.29 is 9.47 Å². The number of nitrogens with zero attached hydrogens (tertiary/aromatic N) is 1. The summed E-state index contributed by atoms with van der Waals surface area (Å²) in [5.74, 6) is 3.57. The van der Waals surface area contributed by atoms with Gasteiger partial charge in [0.15, 0.2) is 0 Å². The van der Waals surface area contributed by atoms with Crippen molar-refractivity contribution in [3.63, 3.8) is 0 Å². The van der Waals surface area contributed by atoms with Crippen LogP contribution in [0.25, 0.3) is 90.8 Å². The summed E-state index contributed by atoms with van der Waals surface area (Å²) in [6.45, 7) is 11.5. The van der Waals surface area contributed by atoms with E-state index in [2.05, 4.69) is 203 Å². The molecule has 0 N–H and O–H groups in total. The highest BCUT2D eigenvalue weighted by molar-refractivity contribution is 7.33. The molecule has 0 radical (unpaired) electrons. The Morgan fingerprint density at radius 1 is 0.552 bits per heavy atom. The van der Waals surface area contributed by atoms with Crippen LogP contribution in [0.2, 0.25) is 0 Å². The zero-order chi connectivity index (χ0) is 44.7. The topological polar surface area (TPSA) is 23.4 Å². The van der Waals surface area contributed by atoms with Gasteiger partial charge in [0, 0.05) is 52.0 Å². The average Bonchev–Trinajstić information content (AvgIpc) is 4.06. The zero-order valence-electron chi connectivity index (χ0n) is 37.7. The van der Waals surface area contributed by atoms with Crippen molar-refractivity contribution >= 4 is 108 Å². The number of para-hydroxylation sites is 1. The minimum Gasteiger partial charge on any atom is -0.457 e. The Labute approximate surface area is 396 Å². The summed E-state index contributed by atoms with van der Waals surface area (Å²) in [6, 6.07) is 61.1. The summed E-state index contributed by atoms with van der Waals surface area (Å²) in [5, 5.41) is 8.65.